The van der Waals surface area contributed by atoms with Crippen LogP contribution in [-0.2, 0) is 4.79 Å². The lowest BCUT2D eigenvalue weighted by Crippen LogP contribution is -2.41. The van der Waals surface area contributed by atoms with Gasteiger partial charge in [-0.15, -0.1) is 0 Å². The van der Waals surface area contributed by atoms with Crippen molar-refractivity contribution in [3.8, 4) is 11.5 Å². The first-order chi connectivity index (χ1) is 11.0. The Morgan fingerprint density at radius 2 is 2.00 bits per heavy atom. The number of aliphatic carboxylic acids is 1. The van der Waals surface area contributed by atoms with E-state index in [4.69, 9.17) is 4.42 Å². The van der Waals surface area contributed by atoms with Gasteiger partial charge >= 0.3 is 5.97 Å². The minimum atomic E-state index is -1.05. The molecule has 23 heavy (non-hydrogen) atoms. The number of amides is 1. The maximum atomic E-state index is 12.3. The van der Waals surface area contributed by atoms with Crippen molar-refractivity contribution in [3.63, 3.8) is 0 Å². The molecule has 0 aliphatic rings. The van der Waals surface area contributed by atoms with Crippen LogP contribution < -0.4 is 5.32 Å². The number of benzene rings is 1. The average molecular weight is 316 g/mol. The molecule has 1 unspecified atom stereocenters. The maximum absolute atomic E-state index is 12.3. The molecule has 0 saturated heterocycles. The van der Waals surface area contributed by atoms with E-state index in [9.17, 15) is 14.7 Å². The standard InChI is InChI=1S/C17H20N2O4/c1-3-4-10-13(17(21)22)18-15(20)14-11(2)23-16(19-14)12-8-6-5-7-9-12/h5-9,13H,3-4,10H2,1-2H3,(H,18,20)(H,21,22). The zero-order valence-electron chi connectivity index (χ0n) is 13.2. The monoisotopic (exact) mass is 316 g/mol. The van der Waals surface area contributed by atoms with Crippen molar-refractivity contribution in [2.24, 2.45) is 0 Å². The number of nitrogens with one attached hydrogen (secondary N) is 1. The van der Waals surface area contributed by atoms with E-state index < -0.39 is 17.9 Å². The number of aromatic nitrogens is 1. The van der Waals surface area contributed by atoms with Gasteiger partial charge in [0, 0.05) is 5.56 Å². The molecule has 0 aliphatic heterocycles. The van der Waals surface area contributed by atoms with Gasteiger partial charge in [0.05, 0.1) is 0 Å². The largest absolute Gasteiger partial charge is 0.480 e. The van der Waals surface area contributed by atoms with E-state index in [1.807, 2.05) is 37.3 Å². The Morgan fingerprint density at radius 1 is 1.30 bits per heavy atom. The highest BCUT2D eigenvalue weighted by Gasteiger charge is 2.24. The van der Waals surface area contributed by atoms with Crippen molar-refractivity contribution in [2.75, 3.05) is 0 Å². The van der Waals surface area contributed by atoms with Gasteiger partial charge in [0.25, 0.3) is 5.91 Å². The predicted octanol–water partition coefficient (Wildman–Crippen LogP) is 3.02. The molecule has 2 N–H and O–H groups in total. The number of aryl methyl sites for hydroxylation is 1. The number of carboxylic acid groups (broad SMARTS) is 1. The van der Waals surface area contributed by atoms with E-state index in [2.05, 4.69) is 10.3 Å². The van der Waals surface area contributed by atoms with Crippen LogP contribution in [0.25, 0.3) is 11.5 Å². The molecule has 0 spiro atoms. The van der Waals surface area contributed by atoms with Crippen molar-refractivity contribution < 1.29 is 19.1 Å². The van der Waals surface area contributed by atoms with Crippen LogP contribution in [-0.4, -0.2) is 28.0 Å². The molecule has 0 aliphatic carbocycles. The predicted molar refractivity (Wildman–Crippen MR) is 85.1 cm³/mol. The average Bonchev–Trinajstić information content (AvgIpc) is 2.94. The number of carboxylic acids is 1. The number of oxazole rings is 1. The Labute approximate surface area is 134 Å². The number of carbonyl (C=O) groups excluding carboxylic acids is 1. The lowest BCUT2D eigenvalue weighted by Gasteiger charge is -2.13. The fraction of sp³-hybridized carbons (Fsp3) is 0.353. The molecular formula is C17H20N2O4. The van der Waals surface area contributed by atoms with Crippen LogP contribution in [0.2, 0.25) is 0 Å². The lowest BCUT2D eigenvalue weighted by molar-refractivity contribution is -0.139. The van der Waals surface area contributed by atoms with E-state index in [-0.39, 0.29) is 5.69 Å². The quantitative estimate of drug-likeness (QED) is 0.819. The van der Waals surface area contributed by atoms with Crippen LogP contribution in [0.15, 0.2) is 34.7 Å². The summed E-state index contributed by atoms with van der Waals surface area (Å²) in [4.78, 5) is 27.7. The van der Waals surface area contributed by atoms with E-state index in [1.54, 1.807) is 6.92 Å². The molecule has 6 heteroatoms. The molecule has 0 saturated carbocycles. The number of hydrogen-bond donors (Lipinski definition) is 2. The zero-order chi connectivity index (χ0) is 16.8. The Bertz CT molecular complexity index is 679. The second-order valence-corrected chi connectivity index (χ2v) is 5.30. The number of unbranched alkanes of at least 4 members (excludes halogenated alkanes) is 1. The molecule has 0 fully saturated rings. The van der Waals surface area contributed by atoms with Crippen LogP contribution in [0.5, 0.6) is 0 Å². The van der Waals surface area contributed by atoms with Gasteiger partial charge in [-0.05, 0) is 25.5 Å². The summed E-state index contributed by atoms with van der Waals surface area (Å²) in [5.41, 5.74) is 0.877. The van der Waals surface area contributed by atoms with Gasteiger partial charge in [-0.1, -0.05) is 38.0 Å². The molecule has 1 aromatic carbocycles. The molecule has 2 rings (SSSR count). The highest BCUT2D eigenvalue weighted by Crippen LogP contribution is 2.21. The first-order valence-electron chi connectivity index (χ1n) is 7.59. The molecule has 1 amide bonds. The summed E-state index contributed by atoms with van der Waals surface area (Å²) in [7, 11) is 0. The molecule has 122 valence electrons. The maximum Gasteiger partial charge on any atom is 0.326 e. The minimum absolute atomic E-state index is 0.117. The third kappa shape index (κ3) is 4.18. The molecule has 1 atom stereocenters. The summed E-state index contributed by atoms with van der Waals surface area (Å²) in [6.45, 7) is 3.60. The second-order valence-electron chi connectivity index (χ2n) is 5.30. The topological polar surface area (TPSA) is 92.4 Å². The summed E-state index contributed by atoms with van der Waals surface area (Å²) in [6.07, 6.45) is 1.98. The first-order valence-corrected chi connectivity index (χ1v) is 7.59. The number of rotatable bonds is 7. The van der Waals surface area contributed by atoms with Gasteiger partial charge in [-0.25, -0.2) is 9.78 Å². The third-order valence-electron chi connectivity index (χ3n) is 3.48. The van der Waals surface area contributed by atoms with Crippen LogP contribution in [0, 0.1) is 6.92 Å². The normalized spacial score (nSPS) is 11.9. The fourth-order valence-corrected chi connectivity index (χ4v) is 2.20. The summed E-state index contributed by atoms with van der Waals surface area (Å²) < 4.78 is 5.53. The summed E-state index contributed by atoms with van der Waals surface area (Å²) in [5.74, 6) is -0.872. The smallest absolute Gasteiger partial charge is 0.326 e. The van der Waals surface area contributed by atoms with E-state index in [0.29, 0.717) is 18.1 Å². The van der Waals surface area contributed by atoms with Gasteiger partial charge in [0.2, 0.25) is 5.89 Å². The Hall–Kier alpha value is -2.63. The second kappa shape index (κ2) is 7.58. The Balaban J connectivity index is 2.16. The zero-order valence-corrected chi connectivity index (χ0v) is 13.2. The van der Waals surface area contributed by atoms with Gasteiger partial charge in [-0.3, -0.25) is 4.79 Å². The number of hydrogen-bond acceptors (Lipinski definition) is 4. The van der Waals surface area contributed by atoms with Gasteiger partial charge in [-0.2, -0.15) is 0 Å². The molecule has 1 heterocycles. The van der Waals surface area contributed by atoms with Gasteiger partial charge in [0.15, 0.2) is 5.69 Å². The number of carbonyl (C=O) groups is 2. The Kier molecular flexibility index (Phi) is 5.51. The first kappa shape index (κ1) is 16.7. The van der Waals surface area contributed by atoms with Crippen molar-refractivity contribution >= 4 is 11.9 Å². The van der Waals surface area contributed by atoms with Crippen LogP contribution in [0.3, 0.4) is 0 Å². The Morgan fingerprint density at radius 3 is 2.61 bits per heavy atom. The number of nitrogens with zero attached hydrogens (tertiary/aromatic N) is 1. The van der Waals surface area contributed by atoms with Gasteiger partial charge in [0.1, 0.15) is 11.8 Å². The van der Waals surface area contributed by atoms with Gasteiger partial charge < -0.3 is 14.8 Å². The van der Waals surface area contributed by atoms with Crippen LogP contribution >= 0.6 is 0 Å². The van der Waals surface area contributed by atoms with Crippen molar-refractivity contribution in [3.05, 3.63) is 41.8 Å². The lowest BCUT2D eigenvalue weighted by atomic mass is 10.1. The van der Waals surface area contributed by atoms with Crippen molar-refractivity contribution in [1.29, 1.82) is 0 Å². The fourth-order valence-electron chi connectivity index (χ4n) is 2.20. The minimum Gasteiger partial charge on any atom is -0.480 e. The molecular weight excluding hydrogens is 296 g/mol. The summed E-state index contributed by atoms with van der Waals surface area (Å²) in [6, 6.07) is 8.30. The molecule has 0 radical (unpaired) electrons. The van der Waals surface area contributed by atoms with Crippen LogP contribution in [0.4, 0.5) is 0 Å². The van der Waals surface area contributed by atoms with E-state index in [1.165, 1.54) is 0 Å². The highest BCUT2D eigenvalue weighted by molar-refractivity contribution is 5.96. The van der Waals surface area contributed by atoms with E-state index >= 15 is 0 Å². The summed E-state index contributed by atoms with van der Waals surface area (Å²) in [5, 5.41) is 11.7. The summed E-state index contributed by atoms with van der Waals surface area (Å²) >= 11 is 0. The van der Waals surface area contributed by atoms with Crippen LogP contribution in [0.1, 0.15) is 42.4 Å². The van der Waals surface area contributed by atoms with Crippen molar-refractivity contribution in [2.45, 2.75) is 39.2 Å². The SMILES string of the molecule is CCCCC(NC(=O)c1nc(-c2ccccc2)oc1C)C(=O)O. The third-order valence-corrected chi connectivity index (χ3v) is 3.48. The highest BCUT2D eigenvalue weighted by atomic mass is 16.4. The molecule has 1 aromatic heterocycles. The van der Waals surface area contributed by atoms with Crippen molar-refractivity contribution in [1.82, 2.24) is 10.3 Å². The molecule has 0 bridgehead atoms. The molecule has 6 nitrogen and oxygen atoms in total. The molecule has 2 aromatic rings. The van der Waals surface area contributed by atoms with E-state index in [0.717, 1.165) is 18.4 Å².